The summed E-state index contributed by atoms with van der Waals surface area (Å²) in [4.78, 5) is 24.2. The van der Waals surface area contributed by atoms with Gasteiger partial charge in [0.25, 0.3) is 0 Å². The van der Waals surface area contributed by atoms with Crippen LogP contribution in [0.15, 0.2) is 12.5 Å². The van der Waals surface area contributed by atoms with Gasteiger partial charge in [0.2, 0.25) is 5.91 Å². The summed E-state index contributed by atoms with van der Waals surface area (Å²) < 4.78 is 2.80. The van der Waals surface area contributed by atoms with Crippen LogP contribution >= 0.6 is 0 Å². The molecule has 0 atom stereocenters. The molecule has 0 saturated carbocycles. The molecule has 0 aliphatic carbocycles. The molecule has 3 rings (SSSR count). The van der Waals surface area contributed by atoms with E-state index in [0.717, 1.165) is 0 Å². The summed E-state index contributed by atoms with van der Waals surface area (Å²) in [5, 5.41) is 26.5. The zero-order valence-electron chi connectivity index (χ0n) is 10.2. The highest BCUT2D eigenvalue weighted by molar-refractivity contribution is 5.84. The van der Waals surface area contributed by atoms with E-state index in [1.54, 1.807) is 4.90 Å². The van der Waals surface area contributed by atoms with Gasteiger partial charge in [-0.3, -0.25) is 4.79 Å². The van der Waals surface area contributed by atoms with E-state index >= 15 is 0 Å². The van der Waals surface area contributed by atoms with Gasteiger partial charge in [-0.25, -0.2) is 14.2 Å². The van der Waals surface area contributed by atoms with E-state index in [1.807, 2.05) is 0 Å². The van der Waals surface area contributed by atoms with Crippen LogP contribution in [0.3, 0.4) is 0 Å². The maximum atomic E-state index is 11.9. The standard InChI is InChI=1S/C9H10N8O3/c18-8(4-16-5-10-12-14-16)15-1-6(2-15)17-3-7(9(19)20)11-13-17/h3,5-6H,1-2,4H2,(H,19,20). The molecule has 11 nitrogen and oxygen atoms in total. The Bertz CT molecular complexity index is 629. The van der Waals surface area contributed by atoms with Gasteiger partial charge in [0, 0.05) is 13.1 Å². The maximum absolute atomic E-state index is 11.9. The quantitative estimate of drug-likeness (QED) is 0.682. The zero-order valence-corrected chi connectivity index (χ0v) is 10.2. The van der Waals surface area contributed by atoms with Crippen molar-refractivity contribution >= 4 is 11.9 Å². The van der Waals surface area contributed by atoms with Crippen LogP contribution in [0.1, 0.15) is 16.5 Å². The van der Waals surface area contributed by atoms with Gasteiger partial charge in [0.05, 0.1) is 12.2 Å². The van der Waals surface area contributed by atoms with Crippen LogP contribution in [0.25, 0.3) is 0 Å². The summed E-state index contributed by atoms with van der Waals surface area (Å²) in [5.41, 5.74) is -0.108. The van der Waals surface area contributed by atoms with E-state index in [1.165, 1.54) is 21.9 Å². The lowest BCUT2D eigenvalue weighted by Gasteiger charge is -2.38. The molecule has 0 aromatic carbocycles. The van der Waals surface area contributed by atoms with Crippen LogP contribution < -0.4 is 0 Å². The number of carboxylic acids is 1. The fraction of sp³-hybridized carbons (Fsp3) is 0.444. The van der Waals surface area contributed by atoms with Gasteiger partial charge >= 0.3 is 5.97 Å². The third kappa shape index (κ3) is 2.20. The summed E-state index contributed by atoms with van der Waals surface area (Å²) >= 11 is 0. The summed E-state index contributed by atoms with van der Waals surface area (Å²) in [6, 6.07) is -0.0478. The van der Waals surface area contributed by atoms with Crippen molar-refractivity contribution in [2.45, 2.75) is 12.6 Å². The molecule has 1 amide bonds. The number of nitrogens with zero attached hydrogens (tertiary/aromatic N) is 8. The molecule has 0 bridgehead atoms. The van der Waals surface area contributed by atoms with Crippen molar-refractivity contribution in [3.63, 3.8) is 0 Å². The Morgan fingerprint density at radius 1 is 1.35 bits per heavy atom. The molecule has 104 valence electrons. The monoisotopic (exact) mass is 278 g/mol. The Morgan fingerprint density at radius 3 is 2.75 bits per heavy atom. The highest BCUT2D eigenvalue weighted by atomic mass is 16.4. The first-order valence-corrected chi connectivity index (χ1v) is 5.77. The second-order valence-electron chi connectivity index (χ2n) is 4.35. The van der Waals surface area contributed by atoms with Crippen LogP contribution in [0.4, 0.5) is 0 Å². The predicted octanol–water partition coefficient (Wildman–Crippen LogP) is -1.95. The van der Waals surface area contributed by atoms with Crippen molar-refractivity contribution in [2.24, 2.45) is 0 Å². The lowest BCUT2D eigenvalue weighted by atomic mass is 10.1. The molecule has 11 heteroatoms. The van der Waals surface area contributed by atoms with E-state index in [0.29, 0.717) is 13.1 Å². The number of aromatic nitrogens is 7. The molecule has 20 heavy (non-hydrogen) atoms. The number of tetrazole rings is 1. The smallest absolute Gasteiger partial charge is 0.358 e. The van der Waals surface area contributed by atoms with Crippen LogP contribution in [-0.4, -0.2) is 70.2 Å². The molecule has 0 radical (unpaired) electrons. The minimum atomic E-state index is -1.12. The molecule has 1 saturated heterocycles. The molecule has 1 N–H and O–H groups in total. The van der Waals surface area contributed by atoms with Crippen molar-refractivity contribution < 1.29 is 14.7 Å². The third-order valence-corrected chi connectivity index (χ3v) is 3.01. The van der Waals surface area contributed by atoms with Gasteiger partial charge in [-0.05, 0) is 10.4 Å². The van der Waals surface area contributed by atoms with Gasteiger partial charge in [-0.15, -0.1) is 10.2 Å². The number of amides is 1. The summed E-state index contributed by atoms with van der Waals surface area (Å²) in [6.45, 7) is 1.00. The zero-order chi connectivity index (χ0) is 14.1. The minimum absolute atomic E-state index is 0.0478. The topological polar surface area (TPSA) is 132 Å². The van der Waals surface area contributed by atoms with E-state index in [2.05, 4.69) is 25.8 Å². The fourth-order valence-electron chi connectivity index (χ4n) is 1.87. The normalized spacial score (nSPS) is 15.1. The Balaban J connectivity index is 1.55. The van der Waals surface area contributed by atoms with Crippen LogP contribution in [0, 0.1) is 0 Å². The van der Waals surface area contributed by atoms with Crippen molar-refractivity contribution in [1.82, 2.24) is 40.1 Å². The highest BCUT2D eigenvalue weighted by Gasteiger charge is 2.33. The number of carboxylic acid groups (broad SMARTS) is 1. The first-order chi connectivity index (χ1) is 9.63. The predicted molar refractivity (Wildman–Crippen MR) is 60.4 cm³/mol. The van der Waals surface area contributed by atoms with E-state index in [9.17, 15) is 9.59 Å². The average molecular weight is 278 g/mol. The van der Waals surface area contributed by atoms with Crippen molar-refractivity contribution in [3.8, 4) is 0 Å². The highest BCUT2D eigenvalue weighted by Crippen LogP contribution is 2.20. The molecule has 0 unspecified atom stereocenters. The number of hydrogen-bond donors (Lipinski definition) is 1. The number of carbonyl (C=O) groups excluding carboxylic acids is 1. The maximum Gasteiger partial charge on any atom is 0.358 e. The van der Waals surface area contributed by atoms with Crippen molar-refractivity contribution in [3.05, 3.63) is 18.2 Å². The lowest BCUT2D eigenvalue weighted by Crippen LogP contribution is -2.51. The number of likely N-dealkylation sites (tertiary alicyclic amines) is 1. The van der Waals surface area contributed by atoms with Gasteiger partial charge in [0.15, 0.2) is 5.69 Å². The summed E-state index contributed by atoms with van der Waals surface area (Å²) in [5.74, 6) is -1.23. The Hall–Kier alpha value is -2.85. The Labute approximate surface area is 111 Å². The molecule has 2 aromatic heterocycles. The summed E-state index contributed by atoms with van der Waals surface area (Å²) in [7, 11) is 0. The molecule has 1 aliphatic rings. The number of hydrogen-bond acceptors (Lipinski definition) is 7. The number of aromatic carboxylic acids is 1. The molecule has 2 aromatic rings. The SMILES string of the molecule is O=C(O)c1cn(C2CN(C(=O)Cn3cnnn3)C2)nn1. The molecule has 1 aliphatic heterocycles. The molecular formula is C9H10N8O3. The first-order valence-electron chi connectivity index (χ1n) is 5.77. The van der Waals surface area contributed by atoms with Crippen LogP contribution in [0.2, 0.25) is 0 Å². The molecule has 0 spiro atoms. The van der Waals surface area contributed by atoms with E-state index < -0.39 is 5.97 Å². The van der Waals surface area contributed by atoms with Crippen molar-refractivity contribution in [2.75, 3.05) is 13.1 Å². The van der Waals surface area contributed by atoms with Crippen LogP contribution in [-0.2, 0) is 11.3 Å². The van der Waals surface area contributed by atoms with Crippen LogP contribution in [0.5, 0.6) is 0 Å². The van der Waals surface area contributed by atoms with Gasteiger partial charge in [-0.2, -0.15) is 0 Å². The van der Waals surface area contributed by atoms with Gasteiger partial charge in [0.1, 0.15) is 12.9 Å². The van der Waals surface area contributed by atoms with Gasteiger partial charge < -0.3 is 10.0 Å². The summed E-state index contributed by atoms with van der Waals surface area (Å²) in [6.07, 6.45) is 2.72. The first kappa shape index (κ1) is 12.2. The third-order valence-electron chi connectivity index (χ3n) is 3.01. The number of rotatable bonds is 4. The molecule has 1 fully saturated rings. The minimum Gasteiger partial charge on any atom is -0.476 e. The largest absolute Gasteiger partial charge is 0.476 e. The second-order valence-corrected chi connectivity index (χ2v) is 4.35. The second kappa shape index (κ2) is 4.68. The average Bonchev–Trinajstić information content (AvgIpc) is 2.97. The van der Waals surface area contributed by atoms with Crippen molar-refractivity contribution in [1.29, 1.82) is 0 Å². The van der Waals surface area contributed by atoms with E-state index in [-0.39, 0.29) is 24.2 Å². The number of carbonyl (C=O) groups is 2. The molecule has 3 heterocycles. The van der Waals surface area contributed by atoms with E-state index in [4.69, 9.17) is 5.11 Å². The Kier molecular flexibility index (Phi) is 2.85. The fourth-order valence-corrected chi connectivity index (χ4v) is 1.87. The Morgan fingerprint density at radius 2 is 2.15 bits per heavy atom. The van der Waals surface area contributed by atoms with Gasteiger partial charge in [-0.1, -0.05) is 5.21 Å². The lowest BCUT2D eigenvalue weighted by molar-refractivity contribution is -0.138. The molecular weight excluding hydrogens is 268 g/mol.